The molecule has 9 heavy (non-hydrogen) atoms. The van der Waals surface area contributed by atoms with Gasteiger partial charge in [0.05, 0.1) is 17.6 Å². The molecule has 2 nitrogen and oxygen atoms in total. The molecule has 0 fully saturated rings. The number of halogens is 1. The number of hydrogen-bond donors (Lipinski definition) is 1. The van der Waals surface area contributed by atoms with E-state index in [9.17, 15) is 0 Å². The standard InChI is InChI=1S/C6H10ClNO/c1-6(2,4-8)5(9)3-7/h5,9H,3H2,1-2H3. The molecule has 0 aromatic heterocycles. The van der Waals surface area contributed by atoms with Crippen LogP contribution in [0.4, 0.5) is 0 Å². The molecule has 0 aromatic rings. The maximum Gasteiger partial charge on any atom is 0.0856 e. The summed E-state index contributed by atoms with van der Waals surface area (Å²) in [5.74, 6) is 0.112. The summed E-state index contributed by atoms with van der Waals surface area (Å²) in [6, 6.07) is 1.96. The molecule has 0 aliphatic rings. The predicted molar refractivity (Wildman–Crippen MR) is 36.1 cm³/mol. The van der Waals surface area contributed by atoms with E-state index in [1.54, 1.807) is 13.8 Å². The fraction of sp³-hybridized carbons (Fsp3) is 0.833. The normalized spacial score (nSPS) is 14.6. The third-order valence-corrected chi connectivity index (χ3v) is 1.56. The summed E-state index contributed by atoms with van der Waals surface area (Å²) >= 11 is 5.31. The highest BCUT2D eigenvalue weighted by Gasteiger charge is 2.26. The van der Waals surface area contributed by atoms with Crippen molar-refractivity contribution in [3.8, 4) is 6.07 Å². The minimum atomic E-state index is -0.732. The molecule has 0 aliphatic carbocycles. The molecular formula is C6H10ClNO. The van der Waals surface area contributed by atoms with Crippen molar-refractivity contribution in [3.63, 3.8) is 0 Å². The van der Waals surface area contributed by atoms with E-state index in [-0.39, 0.29) is 5.88 Å². The van der Waals surface area contributed by atoms with E-state index in [4.69, 9.17) is 22.0 Å². The van der Waals surface area contributed by atoms with Gasteiger partial charge in [-0.15, -0.1) is 11.6 Å². The Morgan fingerprint density at radius 2 is 2.22 bits per heavy atom. The lowest BCUT2D eigenvalue weighted by atomic mass is 9.90. The highest BCUT2D eigenvalue weighted by Crippen LogP contribution is 2.19. The summed E-state index contributed by atoms with van der Waals surface area (Å²) in [6.45, 7) is 3.31. The largest absolute Gasteiger partial charge is 0.390 e. The molecule has 0 heterocycles. The molecule has 1 atom stereocenters. The number of rotatable bonds is 2. The highest BCUT2D eigenvalue weighted by atomic mass is 35.5. The number of hydrogen-bond acceptors (Lipinski definition) is 2. The van der Waals surface area contributed by atoms with E-state index < -0.39 is 11.5 Å². The molecule has 3 heteroatoms. The van der Waals surface area contributed by atoms with Crippen LogP contribution in [0.3, 0.4) is 0 Å². The minimum absolute atomic E-state index is 0.112. The first kappa shape index (κ1) is 8.74. The van der Waals surface area contributed by atoms with Crippen LogP contribution in [-0.2, 0) is 0 Å². The van der Waals surface area contributed by atoms with Crippen molar-refractivity contribution in [2.24, 2.45) is 5.41 Å². The topological polar surface area (TPSA) is 44.0 Å². The molecule has 0 saturated carbocycles. The molecule has 0 radical (unpaired) electrons. The quantitative estimate of drug-likeness (QED) is 0.596. The van der Waals surface area contributed by atoms with E-state index in [1.165, 1.54) is 0 Å². The molecule has 0 aromatic carbocycles. The third-order valence-electron chi connectivity index (χ3n) is 1.27. The van der Waals surface area contributed by atoms with Crippen molar-refractivity contribution < 1.29 is 5.11 Å². The summed E-state index contributed by atoms with van der Waals surface area (Å²) in [5, 5.41) is 17.5. The van der Waals surface area contributed by atoms with Gasteiger partial charge < -0.3 is 5.11 Å². The molecule has 1 unspecified atom stereocenters. The van der Waals surface area contributed by atoms with Crippen LogP contribution >= 0.6 is 11.6 Å². The Morgan fingerprint density at radius 3 is 2.33 bits per heavy atom. The molecular weight excluding hydrogens is 138 g/mol. The number of nitriles is 1. The van der Waals surface area contributed by atoms with Gasteiger partial charge in [-0.2, -0.15) is 5.26 Å². The zero-order valence-corrected chi connectivity index (χ0v) is 6.31. The molecule has 0 bridgehead atoms. The summed E-state index contributed by atoms with van der Waals surface area (Å²) in [4.78, 5) is 0. The van der Waals surface area contributed by atoms with Crippen LogP contribution in [0.15, 0.2) is 0 Å². The lowest BCUT2D eigenvalue weighted by Gasteiger charge is -2.19. The fourth-order valence-electron chi connectivity index (χ4n) is 0.267. The van der Waals surface area contributed by atoms with Crippen LogP contribution in [0.5, 0.6) is 0 Å². The van der Waals surface area contributed by atoms with E-state index in [0.717, 1.165) is 0 Å². The van der Waals surface area contributed by atoms with Crippen molar-refractivity contribution in [3.05, 3.63) is 0 Å². The van der Waals surface area contributed by atoms with Gasteiger partial charge in [-0.25, -0.2) is 0 Å². The minimum Gasteiger partial charge on any atom is -0.390 e. The second-order valence-electron chi connectivity index (χ2n) is 2.50. The molecule has 1 N–H and O–H groups in total. The van der Waals surface area contributed by atoms with Crippen molar-refractivity contribution >= 4 is 11.6 Å². The Kier molecular flexibility index (Phi) is 2.96. The number of aliphatic hydroxyl groups is 1. The van der Waals surface area contributed by atoms with E-state index in [0.29, 0.717) is 0 Å². The van der Waals surface area contributed by atoms with Crippen LogP contribution in [0.1, 0.15) is 13.8 Å². The monoisotopic (exact) mass is 147 g/mol. The molecule has 52 valence electrons. The van der Waals surface area contributed by atoms with Crippen LogP contribution in [0, 0.1) is 16.7 Å². The average Bonchev–Trinajstić information content (AvgIpc) is 1.86. The van der Waals surface area contributed by atoms with Gasteiger partial charge in [0.2, 0.25) is 0 Å². The Labute approximate surface area is 60.1 Å². The van der Waals surface area contributed by atoms with Crippen LogP contribution in [-0.4, -0.2) is 17.1 Å². The Morgan fingerprint density at radius 1 is 1.78 bits per heavy atom. The molecule has 0 spiro atoms. The first-order chi connectivity index (χ1) is 4.04. The maximum absolute atomic E-state index is 9.03. The average molecular weight is 148 g/mol. The second kappa shape index (κ2) is 3.05. The number of alkyl halides is 1. The maximum atomic E-state index is 9.03. The number of aliphatic hydroxyl groups excluding tert-OH is 1. The van der Waals surface area contributed by atoms with Gasteiger partial charge in [0.15, 0.2) is 0 Å². The second-order valence-corrected chi connectivity index (χ2v) is 2.81. The van der Waals surface area contributed by atoms with E-state index >= 15 is 0 Å². The summed E-state index contributed by atoms with van der Waals surface area (Å²) < 4.78 is 0. The number of nitrogens with zero attached hydrogens (tertiary/aromatic N) is 1. The summed E-state index contributed by atoms with van der Waals surface area (Å²) in [5.41, 5.74) is -0.720. The molecule has 0 rings (SSSR count). The third kappa shape index (κ3) is 2.21. The van der Waals surface area contributed by atoms with Gasteiger partial charge in [-0.05, 0) is 13.8 Å². The molecule has 0 aliphatic heterocycles. The predicted octanol–water partition coefficient (Wildman–Crippen LogP) is 1.14. The van der Waals surface area contributed by atoms with Crippen molar-refractivity contribution in [1.82, 2.24) is 0 Å². The highest BCUT2D eigenvalue weighted by molar-refractivity contribution is 6.18. The van der Waals surface area contributed by atoms with Gasteiger partial charge in [-0.3, -0.25) is 0 Å². The SMILES string of the molecule is CC(C)(C#N)C(O)CCl. The van der Waals surface area contributed by atoms with Crippen molar-refractivity contribution in [2.75, 3.05) is 5.88 Å². The lowest BCUT2D eigenvalue weighted by Crippen LogP contribution is -2.28. The van der Waals surface area contributed by atoms with Crippen LogP contribution in [0.25, 0.3) is 0 Å². The van der Waals surface area contributed by atoms with Crippen LogP contribution < -0.4 is 0 Å². The van der Waals surface area contributed by atoms with E-state index in [1.807, 2.05) is 6.07 Å². The van der Waals surface area contributed by atoms with Crippen molar-refractivity contribution in [2.45, 2.75) is 20.0 Å². The lowest BCUT2D eigenvalue weighted by molar-refractivity contribution is 0.108. The summed E-state index contributed by atoms with van der Waals surface area (Å²) in [7, 11) is 0. The van der Waals surface area contributed by atoms with E-state index in [2.05, 4.69) is 0 Å². The summed E-state index contributed by atoms with van der Waals surface area (Å²) in [6.07, 6.45) is -0.732. The Hall–Kier alpha value is -0.260. The zero-order valence-electron chi connectivity index (χ0n) is 5.56. The van der Waals surface area contributed by atoms with Gasteiger partial charge >= 0.3 is 0 Å². The van der Waals surface area contributed by atoms with Gasteiger partial charge in [0, 0.05) is 5.88 Å². The fourth-order valence-corrected chi connectivity index (χ4v) is 0.653. The van der Waals surface area contributed by atoms with Crippen LogP contribution in [0.2, 0.25) is 0 Å². The molecule has 0 amide bonds. The Balaban J connectivity index is 4.01. The van der Waals surface area contributed by atoms with Gasteiger partial charge in [0.1, 0.15) is 0 Å². The molecule has 0 saturated heterocycles. The Bertz CT molecular complexity index is 128. The van der Waals surface area contributed by atoms with Crippen molar-refractivity contribution in [1.29, 1.82) is 5.26 Å². The first-order valence-electron chi connectivity index (χ1n) is 2.70. The van der Waals surface area contributed by atoms with Gasteiger partial charge in [0.25, 0.3) is 0 Å². The smallest absolute Gasteiger partial charge is 0.0856 e. The van der Waals surface area contributed by atoms with Gasteiger partial charge in [-0.1, -0.05) is 0 Å². The zero-order chi connectivity index (χ0) is 7.49. The first-order valence-corrected chi connectivity index (χ1v) is 3.23.